The average Bonchev–Trinajstić information content (AvgIpc) is 2.15. The predicted octanol–water partition coefficient (Wildman–Crippen LogP) is 3.17. The van der Waals surface area contributed by atoms with Crippen molar-refractivity contribution in [2.75, 3.05) is 13.7 Å². The third kappa shape index (κ3) is 8.52. The number of hydrogen-bond donors (Lipinski definition) is 1. The van der Waals surface area contributed by atoms with Gasteiger partial charge in [0, 0.05) is 7.11 Å². The van der Waals surface area contributed by atoms with Gasteiger partial charge in [-0.15, -0.1) is 0 Å². The van der Waals surface area contributed by atoms with E-state index in [0.29, 0.717) is 5.92 Å². The minimum atomic E-state index is 0.247. The maximum Gasteiger partial charge on any atom is 0.107 e. The van der Waals surface area contributed by atoms with E-state index >= 15 is 0 Å². The molecule has 0 aliphatic rings. The van der Waals surface area contributed by atoms with Crippen molar-refractivity contribution in [1.29, 1.82) is 0 Å². The van der Waals surface area contributed by atoms with E-state index < -0.39 is 0 Å². The highest BCUT2D eigenvalue weighted by Gasteiger charge is 2.07. The van der Waals surface area contributed by atoms with Gasteiger partial charge in [0.05, 0.1) is 0 Å². The van der Waals surface area contributed by atoms with Crippen LogP contribution < -0.4 is 5.32 Å². The van der Waals surface area contributed by atoms with Crippen molar-refractivity contribution in [3.05, 3.63) is 0 Å². The van der Waals surface area contributed by atoms with E-state index in [4.69, 9.17) is 4.74 Å². The van der Waals surface area contributed by atoms with E-state index in [0.717, 1.165) is 13.0 Å². The second-order valence-corrected chi connectivity index (χ2v) is 4.37. The Balaban J connectivity index is 3.33. The molecule has 0 fully saturated rings. The molecule has 0 saturated heterocycles. The zero-order chi connectivity index (χ0) is 10.8. The third-order valence-corrected chi connectivity index (χ3v) is 2.37. The minimum Gasteiger partial charge on any atom is -0.367 e. The lowest BCUT2D eigenvalue weighted by atomic mass is 10.1. The maximum absolute atomic E-state index is 5.36. The fourth-order valence-electron chi connectivity index (χ4n) is 1.51. The molecule has 0 amide bonds. The summed E-state index contributed by atoms with van der Waals surface area (Å²) in [6.45, 7) is 7.78. The smallest absolute Gasteiger partial charge is 0.107 e. The molecule has 0 spiro atoms. The summed E-state index contributed by atoms with van der Waals surface area (Å²) in [5, 5.41) is 3.44. The van der Waals surface area contributed by atoms with Crippen LogP contribution in [0.15, 0.2) is 0 Å². The van der Waals surface area contributed by atoms with E-state index in [-0.39, 0.29) is 6.23 Å². The van der Waals surface area contributed by atoms with Gasteiger partial charge < -0.3 is 4.74 Å². The van der Waals surface area contributed by atoms with Gasteiger partial charge in [0.1, 0.15) is 6.23 Å². The van der Waals surface area contributed by atoms with Gasteiger partial charge >= 0.3 is 0 Å². The van der Waals surface area contributed by atoms with Gasteiger partial charge in [-0.1, -0.05) is 40.0 Å². The largest absolute Gasteiger partial charge is 0.367 e. The second-order valence-electron chi connectivity index (χ2n) is 4.37. The van der Waals surface area contributed by atoms with E-state index in [9.17, 15) is 0 Å². The number of hydrogen-bond acceptors (Lipinski definition) is 2. The van der Waals surface area contributed by atoms with Crippen LogP contribution in [-0.4, -0.2) is 19.9 Å². The molecular formula is C12H27NO. The molecule has 0 radical (unpaired) electrons. The first kappa shape index (κ1) is 13.9. The summed E-state index contributed by atoms with van der Waals surface area (Å²) in [7, 11) is 1.78. The van der Waals surface area contributed by atoms with Crippen molar-refractivity contribution in [1.82, 2.24) is 5.32 Å². The topological polar surface area (TPSA) is 21.3 Å². The highest BCUT2D eigenvalue weighted by atomic mass is 16.5. The predicted molar refractivity (Wildman–Crippen MR) is 62.4 cm³/mol. The highest BCUT2D eigenvalue weighted by molar-refractivity contribution is 4.58. The Labute approximate surface area is 89.4 Å². The lowest BCUT2D eigenvalue weighted by Gasteiger charge is -2.18. The molecule has 86 valence electrons. The van der Waals surface area contributed by atoms with Crippen molar-refractivity contribution in [3.63, 3.8) is 0 Å². The average molecular weight is 201 g/mol. The van der Waals surface area contributed by atoms with Crippen LogP contribution in [0.1, 0.15) is 52.9 Å². The van der Waals surface area contributed by atoms with Crippen LogP contribution in [0.4, 0.5) is 0 Å². The third-order valence-electron chi connectivity index (χ3n) is 2.37. The molecule has 2 nitrogen and oxygen atoms in total. The van der Waals surface area contributed by atoms with E-state index in [1.807, 2.05) is 0 Å². The first-order valence-corrected chi connectivity index (χ1v) is 5.96. The van der Waals surface area contributed by atoms with Crippen LogP contribution in [0, 0.1) is 5.92 Å². The Morgan fingerprint density at radius 1 is 1.14 bits per heavy atom. The lowest BCUT2D eigenvalue weighted by molar-refractivity contribution is 0.0567. The van der Waals surface area contributed by atoms with Crippen molar-refractivity contribution in [2.45, 2.75) is 59.1 Å². The Hall–Kier alpha value is -0.0800. The van der Waals surface area contributed by atoms with Crippen molar-refractivity contribution < 1.29 is 4.74 Å². The van der Waals surface area contributed by atoms with Crippen LogP contribution in [0.5, 0.6) is 0 Å². The molecule has 0 aromatic heterocycles. The van der Waals surface area contributed by atoms with Gasteiger partial charge in [-0.25, -0.2) is 0 Å². The fraction of sp³-hybridized carbons (Fsp3) is 1.00. The molecule has 1 N–H and O–H groups in total. The summed E-state index contributed by atoms with van der Waals surface area (Å²) in [5.41, 5.74) is 0. The molecule has 14 heavy (non-hydrogen) atoms. The van der Waals surface area contributed by atoms with Gasteiger partial charge in [0.2, 0.25) is 0 Å². The monoisotopic (exact) mass is 201 g/mol. The Morgan fingerprint density at radius 3 is 2.36 bits per heavy atom. The van der Waals surface area contributed by atoms with Crippen LogP contribution in [0.2, 0.25) is 0 Å². The van der Waals surface area contributed by atoms with Crippen molar-refractivity contribution >= 4 is 0 Å². The summed E-state index contributed by atoms with van der Waals surface area (Å²) in [6, 6.07) is 0. The molecule has 2 heteroatoms. The Kier molecular flexibility index (Phi) is 9.42. The molecule has 0 aromatic carbocycles. The van der Waals surface area contributed by atoms with E-state index in [1.54, 1.807) is 7.11 Å². The Bertz CT molecular complexity index is 115. The number of methoxy groups -OCH3 is 1. The molecule has 0 aliphatic carbocycles. The van der Waals surface area contributed by atoms with Crippen LogP contribution in [0.3, 0.4) is 0 Å². The first-order chi connectivity index (χ1) is 6.70. The molecule has 0 rings (SSSR count). The molecule has 0 aliphatic heterocycles. The quantitative estimate of drug-likeness (QED) is 0.457. The SMILES string of the molecule is CCCCCCN[C@H](CC(C)C)OC. The number of rotatable bonds is 9. The van der Waals surface area contributed by atoms with Gasteiger partial charge in [-0.2, -0.15) is 0 Å². The fourth-order valence-corrected chi connectivity index (χ4v) is 1.51. The highest BCUT2D eigenvalue weighted by Crippen LogP contribution is 2.05. The second kappa shape index (κ2) is 9.47. The standard InChI is InChI=1S/C12H27NO/c1-5-6-7-8-9-13-12(14-4)10-11(2)3/h11-13H,5-10H2,1-4H3/t12-/m0/s1. The number of nitrogens with one attached hydrogen (secondary N) is 1. The van der Waals surface area contributed by atoms with E-state index in [2.05, 4.69) is 26.1 Å². The molecule has 0 aromatic rings. The van der Waals surface area contributed by atoms with Crippen LogP contribution >= 0.6 is 0 Å². The number of unbranched alkanes of at least 4 members (excludes halogenated alkanes) is 3. The molecule has 0 heterocycles. The first-order valence-electron chi connectivity index (χ1n) is 5.96. The summed E-state index contributed by atoms with van der Waals surface area (Å²) in [6.07, 6.45) is 6.61. The van der Waals surface area contributed by atoms with Gasteiger partial charge in [0.15, 0.2) is 0 Å². The number of ether oxygens (including phenoxy) is 1. The summed E-state index contributed by atoms with van der Waals surface area (Å²) in [5.74, 6) is 0.697. The summed E-state index contributed by atoms with van der Waals surface area (Å²) in [4.78, 5) is 0. The maximum atomic E-state index is 5.36. The molecular weight excluding hydrogens is 174 g/mol. The zero-order valence-electron chi connectivity index (χ0n) is 10.3. The van der Waals surface area contributed by atoms with Gasteiger partial charge in [0.25, 0.3) is 0 Å². The summed E-state index contributed by atoms with van der Waals surface area (Å²) >= 11 is 0. The van der Waals surface area contributed by atoms with Crippen LogP contribution in [0.25, 0.3) is 0 Å². The molecule has 1 atom stereocenters. The minimum absolute atomic E-state index is 0.247. The van der Waals surface area contributed by atoms with Gasteiger partial charge in [-0.3, -0.25) is 5.32 Å². The Morgan fingerprint density at radius 2 is 1.86 bits per heavy atom. The van der Waals surface area contributed by atoms with Crippen molar-refractivity contribution in [3.8, 4) is 0 Å². The van der Waals surface area contributed by atoms with E-state index in [1.165, 1.54) is 25.7 Å². The van der Waals surface area contributed by atoms with Crippen LogP contribution in [-0.2, 0) is 4.74 Å². The lowest BCUT2D eigenvalue weighted by Crippen LogP contribution is -2.32. The van der Waals surface area contributed by atoms with Gasteiger partial charge in [-0.05, 0) is 25.3 Å². The molecule has 0 saturated carbocycles. The molecule has 0 unspecified atom stereocenters. The molecule has 0 bridgehead atoms. The summed E-state index contributed by atoms with van der Waals surface area (Å²) < 4.78 is 5.36. The zero-order valence-corrected chi connectivity index (χ0v) is 10.3. The normalized spacial score (nSPS) is 13.5. The van der Waals surface area contributed by atoms with Crippen molar-refractivity contribution in [2.24, 2.45) is 5.92 Å².